The molecule has 0 spiro atoms. The molecule has 3 nitrogen and oxygen atoms in total. The number of hydrogen-bond donors (Lipinski definition) is 1. The second-order valence-electron chi connectivity index (χ2n) is 4.64. The molecular weight excluding hydrogens is 186 g/mol. The van der Waals surface area contributed by atoms with E-state index in [1.165, 1.54) is 12.0 Å². The van der Waals surface area contributed by atoms with Crippen LogP contribution < -0.4 is 5.32 Å². The van der Waals surface area contributed by atoms with Crippen LogP contribution in [0.25, 0.3) is 0 Å². The quantitative estimate of drug-likeness (QED) is 0.776. The van der Waals surface area contributed by atoms with Crippen LogP contribution in [0.5, 0.6) is 0 Å². The predicted octanol–water partition coefficient (Wildman–Crippen LogP) is 1.99. The summed E-state index contributed by atoms with van der Waals surface area (Å²) in [6.07, 6.45) is 6.37. The van der Waals surface area contributed by atoms with E-state index in [1.54, 1.807) is 0 Å². The molecule has 0 radical (unpaired) electrons. The highest BCUT2D eigenvalue weighted by atomic mass is 15.2. The Morgan fingerprint density at radius 1 is 1.47 bits per heavy atom. The monoisotopic (exact) mass is 209 g/mol. The average Bonchev–Trinajstić information content (AvgIpc) is 2.61. The first-order valence-corrected chi connectivity index (χ1v) is 5.78. The fourth-order valence-corrected chi connectivity index (χ4v) is 1.80. The van der Waals surface area contributed by atoms with Crippen molar-refractivity contribution in [3.8, 4) is 0 Å². The van der Waals surface area contributed by atoms with E-state index < -0.39 is 0 Å². The molecule has 15 heavy (non-hydrogen) atoms. The standard InChI is InChI=1S/C12H23N3/c1-5-12(3,10-13-6-2)7-11-8-14-15(4)9-11/h8-9,13H,5-7,10H2,1-4H3. The lowest BCUT2D eigenvalue weighted by Gasteiger charge is -2.28. The van der Waals surface area contributed by atoms with Crippen molar-refractivity contribution < 1.29 is 0 Å². The molecule has 0 fully saturated rings. The van der Waals surface area contributed by atoms with E-state index in [1.807, 2.05) is 17.9 Å². The van der Waals surface area contributed by atoms with Crippen LogP contribution in [0.3, 0.4) is 0 Å². The van der Waals surface area contributed by atoms with Crippen molar-refractivity contribution >= 4 is 0 Å². The summed E-state index contributed by atoms with van der Waals surface area (Å²) in [5.74, 6) is 0. The second-order valence-corrected chi connectivity index (χ2v) is 4.64. The highest BCUT2D eigenvalue weighted by Gasteiger charge is 2.22. The molecule has 1 aromatic heterocycles. The summed E-state index contributed by atoms with van der Waals surface area (Å²) in [7, 11) is 1.97. The number of rotatable bonds is 6. The average molecular weight is 209 g/mol. The lowest BCUT2D eigenvalue weighted by molar-refractivity contribution is 0.293. The molecule has 86 valence electrons. The minimum absolute atomic E-state index is 0.346. The third-order valence-corrected chi connectivity index (χ3v) is 3.04. The molecule has 0 aliphatic heterocycles. The number of aromatic nitrogens is 2. The Balaban J connectivity index is 2.59. The first-order chi connectivity index (χ1) is 7.09. The predicted molar refractivity (Wildman–Crippen MR) is 63.9 cm³/mol. The van der Waals surface area contributed by atoms with Crippen molar-refractivity contribution in [2.45, 2.75) is 33.6 Å². The van der Waals surface area contributed by atoms with E-state index in [4.69, 9.17) is 0 Å². The Hall–Kier alpha value is -0.830. The zero-order valence-corrected chi connectivity index (χ0v) is 10.4. The minimum atomic E-state index is 0.346. The molecule has 1 atom stereocenters. The van der Waals surface area contributed by atoms with Crippen molar-refractivity contribution in [3.05, 3.63) is 18.0 Å². The van der Waals surface area contributed by atoms with E-state index >= 15 is 0 Å². The summed E-state index contributed by atoms with van der Waals surface area (Å²) in [5.41, 5.74) is 1.68. The second kappa shape index (κ2) is 5.31. The molecule has 1 rings (SSSR count). The molecule has 1 heterocycles. The van der Waals surface area contributed by atoms with Crippen molar-refractivity contribution in [3.63, 3.8) is 0 Å². The molecule has 0 saturated heterocycles. The fourth-order valence-electron chi connectivity index (χ4n) is 1.80. The number of nitrogens with zero attached hydrogens (tertiary/aromatic N) is 2. The summed E-state index contributed by atoms with van der Waals surface area (Å²) >= 11 is 0. The van der Waals surface area contributed by atoms with Crippen LogP contribution in [-0.2, 0) is 13.5 Å². The van der Waals surface area contributed by atoms with Gasteiger partial charge in [0.15, 0.2) is 0 Å². The van der Waals surface area contributed by atoms with Gasteiger partial charge in [0.2, 0.25) is 0 Å². The molecule has 0 aliphatic carbocycles. The highest BCUT2D eigenvalue weighted by Crippen LogP contribution is 2.25. The molecule has 0 saturated carbocycles. The zero-order valence-electron chi connectivity index (χ0n) is 10.4. The zero-order chi connectivity index (χ0) is 11.3. The van der Waals surface area contributed by atoms with Crippen molar-refractivity contribution in [1.82, 2.24) is 15.1 Å². The molecule has 0 aromatic carbocycles. The Bertz CT molecular complexity index is 293. The van der Waals surface area contributed by atoms with Crippen LogP contribution in [0.4, 0.5) is 0 Å². The van der Waals surface area contributed by atoms with Gasteiger partial charge in [-0.15, -0.1) is 0 Å². The van der Waals surface area contributed by atoms with Gasteiger partial charge in [0.1, 0.15) is 0 Å². The van der Waals surface area contributed by atoms with Gasteiger partial charge in [0, 0.05) is 19.8 Å². The smallest absolute Gasteiger partial charge is 0.0521 e. The third-order valence-electron chi connectivity index (χ3n) is 3.04. The van der Waals surface area contributed by atoms with Gasteiger partial charge in [-0.05, 0) is 30.4 Å². The first-order valence-electron chi connectivity index (χ1n) is 5.78. The lowest BCUT2D eigenvalue weighted by atomic mass is 9.82. The summed E-state index contributed by atoms with van der Waals surface area (Å²) in [5, 5.41) is 7.65. The van der Waals surface area contributed by atoms with Gasteiger partial charge in [0.25, 0.3) is 0 Å². The van der Waals surface area contributed by atoms with Crippen LogP contribution >= 0.6 is 0 Å². The summed E-state index contributed by atoms with van der Waals surface area (Å²) < 4.78 is 1.87. The maximum Gasteiger partial charge on any atom is 0.0521 e. The summed E-state index contributed by atoms with van der Waals surface area (Å²) in [6.45, 7) is 8.87. The molecule has 1 aromatic rings. The Labute approximate surface area is 92.9 Å². The van der Waals surface area contributed by atoms with Crippen LogP contribution in [0.15, 0.2) is 12.4 Å². The van der Waals surface area contributed by atoms with E-state index in [2.05, 4.69) is 37.4 Å². The van der Waals surface area contributed by atoms with Gasteiger partial charge in [-0.2, -0.15) is 5.10 Å². The van der Waals surface area contributed by atoms with E-state index in [-0.39, 0.29) is 0 Å². The van der Waals surface area contributed by atoms with E-state index in [0.29, 0.717) is 5.41 Å². The van der Waals surface area contributed by atoms with Gasteiger partial charge in [0.05, 0.1) is 6.20 Å². The third kappa shape index (κ3) is 3.67. The van der Waals surface area contributed by atoms with E-state index in [0.717, 1.165) is 19.5 Å². The van der Waals surface area contributed by atoms with E-state index in [9.17, 15) is 0 Å². The van der Waals surface area contributed by atoms with Gasteiger partial charge < -0.3 is 5.32 Å². The Morgan fingerprint density at radius 3 is 2.67 bits per heavy atom. The van der Waals surface area contributed by atoms with Gasteiger partial charge in [-0.1, -0.05) is 20.8 Å². The maximum atomic E-state index is 4.21. The fraction of sp³-hybridized carbons (Fsp3) is 0.750. The van der Waals surface area contributed by atoms with Crippen molar-refractivity contribution in [2.24, 2.45) is 12.5 Å². The number of hydrogen-bond acceptors (Lipinski definition) is 2. The normalized spacial score (nSPS) is 15.2. The van der Waals surface area contributed by atoms with Gasteiger partial charge in [-0.25, -0.2) is 0 Å². The molecule has 1 unspecified atom stereocenters. The summed E-state index contributed by atoms with van der Waals surface area (Å²) in [6, 6.07) is 0. The van der Waals surface area contributed by atoms with Crippen LogP contribution in [0.2, 0.25) is 0 Å². The summed E-state index contributed by atoms with van der Waals surface area (Å²) in [4.78, 5) is 0. The maximum absolute atomic E-state index is 4.21. The lowest BCUT2D eigenvalue weighted by Crippen LogP contribution is -2.33. The van der Waals surface area contributed by atoms with Crippen LogP contribution in [0.1, 0.15) is 32.8 Å². The van der Waals surface area contributed by atoms with Crippen molar-refractivity contribution in [2.75, 3.05) is 13.1 Å². The Morgan fingerprint density at radius 2 is 2.20 bits per heavy atom. The number of nitrogens with one attached hydrogen (secondary N) is 1. The SMILES string of the molecule is CCNCC(C)(CC)Cc1cnn(C)c1. The molecule has 3 heteroatoms. The van der Waals surface area contributed by atoms with Crippen LogP contribution in [0, 0.1) is 5.41 Å². The molecular formula is C12H23N3. The van der Waals surface area contributed by atoms with Crippen molar-refractivity contribution in [1.29, 1.82) is 0 Å². The highest BCUT2D eigenvalue weighted by molar-refractivity contribution is 5.07. The first kappa shape index (κ1) is 12.2. The minimum Gasteiger partial charge on any atom is -0.316 e. The topological polar surface area (TPSA) is 29.9 Å². The molecule has 0 aliphatic rings. The molecule has 1 N–H and O–H groups in total. The largest absolute Gasteiger partial charge is 0.316 e. The number of aryl methyl sites for hydroxylation is 1. The molecule has 0 bridgehead atoms. The Kier molecular flexibility index (Phi) is 4.33. The van der Waals surface area contributed by atoms with Crippen LogP contribution in [-0.4, -0.2) is 22.9 Å². The molecule has 0 amide bonds. The van der Waals surface area contributed by atoms with Gasteiger partial charge in [-0.3, -0.25) is 4.68 Å². The van der Waals surface area contributed by atoms with Gasteiger partial charge >= 0.3 is 0 Å².